The van der Waals surface area contributed by atoms with Crippen LogP contribution < -0.4 is 5.32 Å². The van der Waals surface area contributed by atoms with Gasteiger partial charge in [0.25, 0.3) is 0 Å². The van der Waals surface area contributed by atoms with E-state index in [4.69, 9.17) is 4.74 Å². The van der Waals surface area contributed by atoms with Gasteiger partial charge in [0.2, 0.25) is 5.91 Å². The third-order valence-electron chi connectivity index (χ3n) is 12.3. The molecule has 362 valence electrons. The third kappa shape index (κ3) is 44.4. The summed E-state index contributed by atoms with van der Waals surface area (Å²) in [6.45, 7) is 6.44. The lowest BCUT2D eigenvalue weighted by atomic mass is 10.0. The normalized spacial score (nSPS) is 13.6. The SMILES string of the molecule is CCCCC/C=C/C=C/C=C/C=C/CCCCCC(CC(=O)NC(CO)C(O)CCCCCCCCCCCCCCCCCC)OC(=O)CCCCCCCCCCCCC. The fraction of sp³-hybridized carbons (Fsp3) is 0.821. The zero-order valence-corrected chi connectivity index (χ0v) is 41.3. The molecule has 0 aromatic heterocycles. The highest BCUT2D eigenvalue weighted by Crippen LogP contribution is 2.18. The van der Waals surface area contributed by atoms with Crippen LogP contribution in [0.3, 0.4) is 0 Å². The van der Waals surface area contributed by atoms with Crippen LogP contribution in [0.25, 0.3) is 0 Å². The first-order valence-electron chi connectivity index (χ1n) is 26.9. The number of nitrogens with one attached hydrogen (secondary N) is 1. The molecule has 0 spiro atoms. The maximum Gasteiger partial charge on any atom is 0.306 e. The van der Waals surface area contributed by atoms with E-state index in [1.165, 1.54) is 154 Å². The average Bonchev–Trinajstić information content (AvgIpc) is 3.26. The van der Waals surface area contributed by atoms with E-state index in [-0.39, 0.29) is 24.9 Å². The van der Waals surface area contributed by atoms with Crippen molar-refractivity contribution in [2.45, 2.75) is 289 Å². The number of esters is 1. The van der Waals surface area contributed by atoms with Crippen molar-refractivity contribution in [2.24, 2.45) is 0 Å². The summed E-state index contributed by atoms with van der Waals surface area (Å²) in [6.07, 6.45) is 60.2. The van der Waals surface area contributed by atoms with E-state index < -0.39 is 18.2 Å². The second-order valence-corrected chi connectivity index (χ2v) is 18.4. The molecule has 0 bridgehead atoms. The summed E-state index contributed by atoms with van der Waals surface area (Å²) in [5.41, 5.74) is 0. The largest absolute Gasteiger partial charge is 0.462 e. The highest BCUT2D eigenvalue weighted by molar-refractivity contribution is 5.77. The van der Waals surface area contributed by atoms with Gasteiger partial charge in [-0.15, -0.1) is 0 Å². The predicted octanol–water partition coefficient (Wildman–Crippen LogP) is 16.2. The highest BCUT2D eigenvalue weighted by atomic mass is 16.5. The van der Waals surface area contributed by atoms with Crippen molar-refractivity contribution < 1.29 is 24.5 Å². The molecule has 0 aromatic carbocycles. The summed E-state index contributed by atoms with van der Waals surface area (Å²) in [5.74, 6) is -0.505. The first kappa shape index (κ1) is 59.8. The lowest BCUT2D eigenvalue weighted by Crippen LogP contribution is -2.46. The predicted molar refractivity (Wildman–Crippen MR) is 269 cm³/mol. The second kappa shape index (κ2) is 49.8. The zero-order valence-electron chi connectivity index (χ0n) is 41.3. The molecule has 1 amide bonds. The molecule has 3 atom stereocenters. The van der Waals surface area contributed by atoms with Crippen LogP contribution in [-0.2, 0) is 14.3 Å². The summed E-state index contributed by atoms with van der Waals surface area (Å²) in [7, 11) is 0. The fourth-order valence-corrected chi connectivity index (χ4v) is 8.15. The van der Waals surface area contributed by atoms with Gasteiger partial charge in [-0.2, -0.15) is 0 Å². The maximum absolute atomic E-state index is 13.2. The Hall–Kier alpha value is -2.18. The van der Waals surface area contributed by atoms with Crippen LogP contribution in [0.1, 0.15) is 271 Å². The molecule has 3 unspecified atom stereocenters. The molecule has 62 heavy (non-hydrogen) atoms. The van der Waals surface area contributed by atoms with Crippen molar-refractivity contribution in [3.05, 3.63) is 48.6 Å². The smallest absolute Gasteiger partial charge is 0.306 e. The third-order valence-corrected chi connectivity index (χ3v) is 12.3. The first-order valence-corrected chi connectivity index (χ1v) is 26.9. The Balaban J connectivity index is 4.60. The minimum Gasteiger partial charge on any atom is -0.462 e. The summed E-state index contributed by atoms with van der Waals surface area (Å²) < 4.78 is 5.92. The number of carbonyl (C=O) groups excluding carboxylic acids is 2. The first-order chi connectivity index (χ1) is 30.5. The molecular weight excluding hydrogens is 767 g/mol. The second-order valence-electron chi connectivity index (χ2n) is 18.4. The number of allylic oxidation sites excluding steroid dienone is 8. The molecule has 0 aliphatic heterocycles. The van der Waals surface area contributed by atoms with Gasteiger partial charge in [-0.3, -0.25) is 9.59 Å². The molecule has 0 heterocycles. The number of amides is 1. The van der Waals surface area contributed by atoms with E-state index in [1.807, 2.05) is 0 Å². The van der Waals surface area contributed by atoms with Crippen LogP contribution in [-0.4, -0.2) is 46.9 Å². The number of hydrogen-bond acceptors (Lipinski definition) is 5. The van der Waals surface area contributed by atoms with E-state index in [1.54, 1.807) is 0 Å². The molecule has 6 nitrogen and oxygen atoms in total. The van der Waals surface area contributed by atoms with E-state index in [0.29, 0.717) is 19.3 Å². The van der Waals surface area contributed by atoms with E-state index in [2.05, 4.69) is 74.7 Å². The molecular formula is C56H103NO5. The quantitative estimate of drug-likeness (QED) is 0.0322. The summed E-state index contributed by atoms with van der Waals surface area (Å²) in [6, 6.07) is -0.713. The molecule has 6 heteroatoms. The van der Waals surface area contributed by atoms with Crippen molar-refractivity contribution >= 4 is 11.9 Å². The lowest BCUT2D eigenvalue weighted by molar-refractivity contribution is -0.151. The maximum atomic E-state index is 13.2. The number of ether oxygens (including phenoxy) is 1. The number of aliphatic hydroxyl groups is 2. The number of aliphatic hydroxyl groups excluding tert-OH is 2. The standard InChI is InChI=1S/C56H103NO5/c1-4-7-10-13-16-19-22-24-26-28-30-33-35-38-41-44-47-52(62-56(61)49-46-43-40-37-32-21-18-15-12-9-6-3)50-55(60)57-53(51-58)54(59)48-45-42-39-36-34-31-29-27-25-23-20-17-14-11-8-5-2/h16,19,22,24,26,28,30,33,52-54,58-59H,4-15,17-18,20-21,23,25,27,29,31-32,34-51H2,1-3H3,(H,57,60)/b19-16+,24-22+,28-26+,33-30+. The van der Waals surface area contributed by atoms with Crippen LogP contribution in [0.2, 0.25) is 0 Å². The van der Waals surface area contributed by atoms with Gasteiger partial charge in [-0.05, 0) is 51.4 Å². The van der Waals surface area contributed by atoms with Crippen LogP contribution in [0.5, 0.6) is 0 Å². The summed E-state index contributed by atoms with van der Waals surface area (Å²) >= 11 is 0. The Morgan fingerprint density at radius 1 is 0.468 bits per heavy atom. The Labute approximate surface area is 385 Å². The molecule has 0 saturated heterocycles. The van der Waals surface area contributed by atoms with Crippen molar-refractivity contribution in [1.29, 1.82) is 0 Å². The van der Waals surface area contributed by atoms with Gasteiger partial charge in [0.05, 0.1) is 25.2 Å². The Morgan fingerprint density at radius 2 is 0.823 bits per heavy atom. The minimum atomic E-state index is -0.797. The summed E-state index contributed by atoms with van der Waals surface area (Å²) in [4.78, 5) is 26.1. The molecule has 0 saturated carbocycles. The van der Waals surface area contributed by atoms with Crippen molar-refractivity contribution in [3.8, 4) is 0 Å². The van der Waals surface area contributed by atoms with Gasteiger partial charge in [0.15, 0.2) is 0 Å². The molecule has 0 rings (SSSR count). The zero-order chi connectivity index (χ0) is 45.2. The molecule has 0 aromatic rings. The van der Waals surface area contributed by atoms with E-state index in [0.717, 1.165) is 70.6 Å². The number of unbranched alkanes of at least 4 members (excludes halogenated alkanes) is 31. The van der Waals surface area contributed by atoms with Gasteiger partial charge >= 0.3 is 5.97 Å². The Bertz CT molecular complexity index is 1070. The lowest BCUT2D eigenvalue weighted by Gasteiger charge is -2.24. The van der Waals surface area contributed by atoms with Crippen molar-refractivity contribution in [2.75, 3.05) is 6.61 Å². The number of carbonyl (C=O) groups is 2. The summed E-state index contributed by atoms with van der Waals surface area (Å²) in [5, 5.41) is 23.8. The monoisotopic (exact) mass is 870 g/mol. The van der Waals surface area contributed by atoms with E-state index >= 15 is 0 Å². The molecule has 0 aliphatic rings. The van der Waals surface area contributed by atoms with Gasteiger partial charge in [0.1, 0.15) is 6.10 Å². The van der Waals surface area contributed by atoms with Crippen LogP contribution in [0.4, 0.5) is 0 Å². The number of rotatable bonds is 48. The number of hydrogen-bond donors (Lipinski definition) is 3. The van der Waals surface area contributed by atoms with E-state index in [9.17, 15) is 19.8 Å². The fourth-order valence-electron chi connectivity index (χ4n) is 8.15. The highest BCUT2D eigenvalue weighted by Gasteiger charge is 2.24. The Kier molecular flexibility index (Phi) is 48.1. The molecule has 0 fully saturated rings. The minimum absolute atomic E-state index is 0.0540. The van der Waals surface area contributed by atoms with Gasteiger partial charge in [-0.25, -0.2) is 0 Å². The molecule has 0 radical (unpaired) electrons. The van der Waals surface area contributed by atoms with Gasteiger partial charge in [0, 0.05) is 6.42 Å². The van der Waals surface area contributed by atoms with Gasteiger partial charge < -0.3 is 20.3 Å². The van der Waals surface area contributed by atoms with Crippen LogP contribution in [0, 0.1) is 0 Å². The topological polar surface area (TPSA) is 95.9 Å². The van der Waals surface area contributed by atoms with Crippen molar-refractivity contribution in [3.63, 3.8) is 0 Å². The van der Waals surface area contributed by atoms with Gasteiger partial charge in [-0.1, -0.05) is 256 Å². The Morgan fingerprint density at radius 3 is 1.27 bits per heavy atom. The van der Waals surface area contributed by atoms with Crippen molar-refractivity contribution in [1.82, 2.24) is 5.32 Å². The van der Waals surface area contributed by atoms with Crippen LogP contribution in [0.15, 0.2) is 48.6 Å². The van der Waals surface area contributed by atoms with Crippen LogP contribution >= 0.6 is 0 Å². The molecule has 0 aliphatic carbocycles. The average molecular weight is 870 g/mol. The molecule has 3 N–H and O–H groups in total.